The van der Waals surface area contributed by atoms with E-state index in [2.05, 4.69) is 52.0 Å². The molecule has 1 aromatic rings. The van der Waals surface area contributed by atoms with Crippen molar-refractivity contribution in [2.45, 2.75) is 71.6 Å². The third-order valence-electron chi connectivity index (χ3n) is 3.91. The summed E-state index contributed by atoms with van der Waals surface area (Å²) in [5, 5.41) is 0. The summed E-state index contributed by atoms with van der Waals surface area (Å²) in [5.41, 5.74) is 2.95. The number of carbonyl (C=O) groups is 1. The monoisotopic (exact) mass is 260 g/mol. The molecule has 1 nitrogen and oxygen atoms in total. The average molecular weight is 260 g/mol. The fraction of sp³-hybridized carbons (Fsp3) is 0.611. The van der Waals surface area contributed by atoms with Crippen LogP contribution in [0.4, 0.5) is 0 Å². The quantitative estimate of drug-likeness (QED) is 0.684. The van der Waals surface area contributed by atoms with Crippen LogP contribution in [-0.2, 0) is 10.2 Å². The van der Waals surface area contributed by atoms with Crippen LogP contribution in [0.2, 0.25) is 0 Å². The second kappa shape index (κ2) is 6.88. The SMILES string of the molecule is CCC(=O)CCC(CC)c1ccc(C(C)(C)C)cc1. The van der Waals surface area contributed by atoms with Crippen LogP contribution in [0.15, 0.2) is 24.3 Å². The van der Waals surface area contributed by atoms with Crippen molar-refractivity contribution < 1.29 is 4.79 Å². The maximum atomic E-state index is 11.4. The van der Waals surface area contributed by atoms with Gasteiger partial charge in [-0.3, -0.25) is 4.79 Å². The van der Waals surface area contributed by atoms with Crippen LogP contribution in [-0.4, -0.2) is 5.78 Å². The highest BCUT2D eigenvalue weighted by molar-refractivity contribution is 5.78. The molecule has 0 aromatic heterocycles. The lowest BCUT2D eigenvalue weighted by Gasteiger charge is -2.21. The molecule has 0 aliphatic heterocycles. The topological polar surface area (TPSA) is 17.1 Å². The first-order valence-electron chi connectivity index (χ1n) is 7.50. The van der Waals surface area contributed by atoms with E-state index >= 15 is 0 Å². The fourth-order valence-electron chi connectivity index (χ4n) is 2.37. The van der Waals surface area contributed by atoms with Crippen LogP contribution in [0.5, 0.6) is 0 Å². The summed E-state index contributed by atoms with van der Waals surface area (Å²) >= 11 is 0. The van der Waals surface area contributed by atoms with Crippen molar-refractivity contribution in [3.63, 3.8) is 0 Å². The van der Waals surface area contributed by atoms with Gasteiger partial charge in [0.2, 0.25) is 0 Å². The molecule has 0 aliphatic carbocycles. The zero-order valence-electron chi connectivity index (χ0n) is 13.1. The standard InChI is InChI=1S/C18H28O/c1-6-14(10-13-17(19)7-2)15-8-11-16(12-9-15)18(3,4)5/h8-9,11-12,14H,6-7,10,13H2,1-5H3. The van der Waals surface area contributed by atoms with Crippen molar-refractivity contribution in [3.8, 4) is 0 Å². The Balaban J connectivity index is 2.74. The van der Waals surface area contributed by atoms with Gasteiger partial charge >= 0.3 is 0 Å². The number of rotatable bonds is 6. The van der Waals surface area contributed by atoms with E-state index in [1.165, 1.54) is 11.1 Å². The Morgan fingerprint density at radius 1 is 1.11 bits per heavy atom. The van der Waals surface area contributed by atoms with Crippen LogP contribution in [0.25, 0.3) is 0 Å². The maximum Gasteiger partial charge on any atom is 0.132 e. The zero-order chi connectivity index (χ0) is 14.5. The first-order chi connectivity index (χ1) is 8.88. The summed E-state index contributed by atoms with van der Waals surface area (Å²) in [5.74, 6) is 0.897. The minimum atomic E-state index is 0.207. The molecule has 0 N–H and O–H groups in total. The highest BCUT2D eigenvalue weighted by Gasteiger charge is 2.15. The molecule has 0 heterocycles. The molecule has 0 bridgehead atoms. The number of hydrogen-bond acceptors (Lipinski definition) is 1. The van der Waals surface area contributed by atoms with E-state index in [1.807, 2.05) is 6.92 Å². The third kappa shape index (κ3) is 4.81. The van der Waals surface area contributed by atoms with Crippen molar-refractivity contribution in [2.75, 3.05) is 0 Å². The Kier molecular flexibility index (Phi) is 5.78. The first kappa shape index (κ1) is 15.9. The molecule has 0 spiro atoms. The van der Waals surface area contributed by atoms with E-state index in [-0.39, 0.29) is 5.41 Å². The van der Waals surface area contributed by atoms with Crippen molar-refractivity contribution in [1.82, 2.24) is 0 Å². The van der Waals surface area contributed by atoms with Gasteiger partial charge in [-0.1, -0.05) is 58.9 Å². The van der Waals surface area contributed by atoms with E-state index in [1.54, 1.807) is 0 Å². The predicted octanol–water partition coefficient (Wildman–Crippen LogP) is 5.24. The molecular weight excluding hydrogens is 232 g/mol. The van der Waals surface area contributed by atoms with Gasteiger partial charge in [-0.2, -0.15) is 0 Å². The lowest BCUT2D eigenvalue weighted by atomic mass is 9.84. The second-order valence-corrected chi connectivity index (χ2v) is 6.41. The largest absolute Gasteiger partial charge is 0.300 e. The summed E-state index contributed by atoms with van der Waals surface area (Å²) in [6.07, 6.45) is 3.47. The molecular formula is C18H28O. The molecule has 19 heavy (non-hydrogen) atoms. The van der Waals surface area contributed by atoms with Gasteiger partial charge in [-0.25, -0.2) is 0 Å². The number of benzene rings is 1. The normalized spacial score (nSPS) is 13.3. The van der Waals surface area contributed by atoms with Gasteiger partial charge in [0.25, 0.3) is 0 Å². The molecule has 0 aliphatic rings. The number of hydrogen-bond donors (Lipinski definition) is 0. The Labute approximate surface area is 118 Å². The lowest BCUT2D eigenvalue weighted by molar-refractivity contribution is -0.118. The van der Waals surface area contributed by atoms with Gasteiger partial charge in [0.05, 0.1) is 0 Å². The number of carbonyl (C=O) groups excluding carboxylic acids is 1. The molecule has 106 valence electrons. The Morgan fingerprint density at radius 3 is 2.11 bits per heavy atom. The minimum absolute atomic E-state index is 0.207. The molecule has 1 aromatic carbocycles. The van der Waals surface area contributed by atoms with Crippen LogP contribution in [0.3, 0.4) is 0 Å². The van der Waals surface area contributed by atoms with Crippen LogP contribution in [0.1, 0.15) is 77.3 Å². The van der Waals surface area contributed by atoms with Gasteiger partial charge in [-0.05, 0) is 35.3 Å². The number of Topliss-reactive ketones (excluding diaryl/α,β-unsaturated/α-hetero) is 1. The molecule has 0 fully saturated rings. The smallest absolute Gasteiger partial charge is 0.132 e. The summed E-state index contributed by atoms with van der Waals surface area (Å²) in [6.45, 7) is 10.9. The molecule has 1 atom stereocenters. The minimum Gasteiger partial charge on any atom is -0.300 e. The maximum absolute atomic E-state index is 11.4. The Morgan fingerprint density at radius 2 is 1.68 bits per heavy atom. The summed E-state index contributed by atoms with van der Waals surface area (Å²) in [7, 11) is 0. The van der Waals surface area contributed by atoms with Crippen LogP contribution < -0.4 is 0 Å². The van der Waals surface area contributed by atoms with E-state index in [0.29, 0.717) is 18.1 Å². The zero-order valence-corrected chi connectivity index (χ0v) is 13.1. The van der Waals surface area contributed by atoms with E-state index < -0.39 is 0 Å². The number of ketones is 1. The van der Waals surface area contributed by atoms with Gasteiger partial charge in [-0.15, -0.1) is 0 Å². The van der Waals surface area contributed by atoms with Crippen LogP contribution in [0, 0.1) is 0 Å². The lowest BCUT2D eigenvalue weighted by Crippen LogP contribution is -2.11. The first-order valence-corrected chi connectivity index (χ1v) is 7.50. The predicted molar refractivity (Wildman–Crippen MR) is 82.7 cm³/mol. The van der Waals surface area contributed by atoms with E-state index in [9.17, 15) is 4.79 Å². The molecule has 0 saturated carbocycles. The highest BCUT2D eigenvalue weighted by atomic mass is 16.1. The molecule has 0 radical (unpaired) electrons. The summed E-state index contributed by atoms with van der Waals surface area (Å²) in [6, 6.07) is 8.95. The van der Waals surface area contributed by atoms with E-state index in [0.717, 1.165) is 19.3 Å². The van der Waals surface area contributed by atoms with Crippen molar-refractivity contribution >= 4 is 5.78 Å². The Bertz CT molecular complexity index is 395. The van der Waals surface area contributed by atoms with Crippen molar-refractivity contribution in [3.05, 3.63) is 35.4 Å². The van der Waals surface area contributed by atoms with Gasteiger partial charge in [0.15, 0.2) is 0 Å². The molecule has 1 rings (SSSR count). The molecule has 0 saturated heterocycles. The summed E-state index contributed by atoms with van der Waals surface area (Å²) < 4.78 is 0. The average Bonchev–Trinajstić information content (AvgIpc) is 2.38. The van der Waals surface area contributed by atoms with Crippen molar-refractivity contribution in [1.29, 1.82) is 0 Å². The third-order valence-corrected chi connectivity index (χ3v) is 3.91. The van der Waals surface area contributed by atoms with Gasteiger partial charge in [0, 0.05) is 12.8 Å². The molecule has 1 unspecified atom stereocenters. The molecule has 0 amide bonds. The van der Waals surface area contributed by atoms with Crippen LogP contribution >= 0.6 is 0 Å². The highest BCUT2D eigenvalue weighted by Crippen LogP contribution is 2.28. The summed E-state index contributed by atoms with van der Waals surface area (Å²) in [4.78, 5) is 11.4. The molecule has 1 heteroatoms. The van der Waals surface area contributed by atoms with E-state index in [4.69, 9.17) is 0 Å². The van der Waals surface area contributed by atoms with Gasteiger partial charge in [0.1, 0.15) is 5.78 Å². The second-order valence-electron chi connectivity index (χ2n) is 6.41. The fourth-order valence-corrected chi connectivity index (χ4v) is 2.37. The Hall–Kier alpha value is -1.11. The van der Waals surface area contributed by atoms with Crippen molar-refractivity contribution in [2.24, 2.45) is 0 Å². The van der Waals surface area contributed by atoms with Gasteiger partial charge < -0.3 is 0 Å².